The van der Waals surface area contributed by atoms with E-state index in [4.69, 9.17) is 14.2 Å². The lowest BCUT2D eigenvalue weighted by Gasteiger charge is -2.30. The number of benzene rings is 2. The molecule has 38 heavy (non-hydrogen) atoms. The van der Waals surface area contributed by atoms with Crippen LogP contribution in [0.25, 0.3) is 10.9 Å². The molecule has 2 aromatic carbocycles. The van der Waals surface area contributed by atoms with Crippen LogP contribution in [0.4, 0.5) is 19.0 Å². The summed E-state index contributed by atoms with van der Waals surface area (Å²) < 4.78 is 61.7. The van der Waals surface area contributed by atoms with Crippen molar-refractivity contribution >= 4 is 16.7 Å². The molecule has 0 bridgehead atoms. The maximum atomic E-state index is 15.2. The van der Waals surface area contributed by atoms with Crippen molar-refractivity contribution in [1.29, 1.82) is 0 Å². The topological polar surface area (TPSA) is 85.7 Å². The van der Waals surface area contributed by atoms with E-state index in [1.165, 1.54) is 12.1 Å². The predicted molar refractivity (Wildman–Crippen MR) is 138 cm³/mol. The van der Waals surface area contributed by atoms with Crippen LogP contribution in [-0.2, 0) is 17.2 Å². The molecule has 1 aliphatic rings. The quantitative estimate of drug-likeness (QED) is 0.350. The summed E-state index contributed by atoms with van der Waals surface area (Å²) in [6, 6.07) is 7.25. The predicted octanol–water partition coefficient (Wildman–Crippen LogP) is 5.61. The Morgan fingerprint density at radius 3 is 2.63 bits per heavy atom. The maximum absolute atomic E-state index is 15.2. The Balaban J connectivity index is 1.62. The number of halogens is 3. The molecule has 206 valence electrons. The van der Waals surface area contributed by atoms with Gasteiger partial charge in [0.2, 0.25) is 0 Å². The Morgan fingerprint density at radius 1 is 1.21 bits per heavy atom. The number of nitrogens with zero attached hydrogens (tertiary/aromatic N) is 2. The maximum Gasteiger partial charge on any atom is 0.303 e. The summed E-state index contributed by atoms with van der Waals surface area (Å²) in [6.45, 7) is 7.58. The molecule has 0 amide bonds. The normalized spacial score (nSPS) is 17.0. The van der Waals surface area contributed by atoms with Crippen LogP contribution < -0.4 is 14.8 Å². The zero-order chi connectivity index (χ0) is 27.7. The van der Waals surface area contributed by atoms with E-state index >= 15 is 4.39 Å². The number of rotatable bonds is 10. The van der Waals surface area contributed by atoms with Gasteiger partial charge >= 0.3 is 5.92 Å². The first-order valence-electron chi connectivity index (χ1n) is 12.6. The van der Waals surface area contributed by atoms with Gasteiger partial charge in [0.1, 0.15) is 23.1 Å². The zero-order valence-corrected chi connectivity index (χ0v) is 22.3. The Kier molecular flexibility index (Phi) is 8.04. The minimum absolute atomic E-state index is 0.00781. The van der Waals surface area contributed by atoms with E-state index in [1.54, 1.807) is 26.2 Å². The van der Waals surface area contributed by atoms with Crippen LogP contribution in [0.2, 0.25) is 0 Å². The van der Waals surface area contributed by atoms with E-state index in [0.717, 1.165) is 39.5 Å². The first-order valence-corrected chi connectivity index (χ1v) is 12.6. The molecule has 3 aromatic rings. The summed E-state index contributed by atoms with van der Waals surface area (Å²) in [4.78, 5) is 8.95. The van der Waals surface area contributed by atoms with Gasteiger partial charge in [0.05, 0.1) is 24.8 Å². The van der Waals surface area contributed by atoms with Crippen LogP contribution >= 0.6 is 0 Å². The molecule has 4 rings (SSSR count). The van der Waals surface area contributed by atoms with Crippen molar-refractivity contribution in [1.82, 2.24) is 9.97 Å². The first-order chi connectivity index (χ1) is 17.9. The smallest absolute Gasteiger partial charge is 0.303 e. The second kappa shape index (κ2) is 10.9. The molecule has 2 unspecified atom stereocenters. The van der Waals surface area contributed by atoms with E-state index in [2.05, 4.69) is 22.2 Å². The number of fused-ring (bicyclic) bond motifs is 1. The van der Waals surface area contributed by atoms with Gasteiger partial charge in [-0.3, -0.25) is 0 Å². The van der Waals surface area contributed by atoms with Crippen LogP contribution in [0, 0.1) is 24.6 Å². The summed E-state index contributed by atoms with van der Waals surface area (Å²) >= 11 is 0. The Labute approximate surface area is 220 Å². The summed E-state index contributed by atoms with van der Waals surface area (Å²) in [6.07, 6.45) is 1.00. The third kappa shape index (κ3) is 5.66. The van der Waals surface area contributed by atoms with E-state index in [-0.39, 0.29) is 18.0 Å². The lowest BCUT2D eigenvalue weighted by molar-refractivity contribution is -0.170. The number of aromatic nitrogens is 2. The van der Waals surface area contributed by atoms with Crippen LogP contribution in [0.1, 0.15) is 44.1 Å². The lowest BCUT2D eigenvalue weighted by atomic mass is 9.92. The Hall–Kier alpha value is -3.11. The van der Waals surface area contributed by atoms with Gasteiger partial charge in [-0.2, -0.15) is 8.78 Å². The fourth-order valence-corrected chi connectivity index (χ4v) is 4.49. The largest absolute Gasteiger partial charge is 0.493 e. The van der Waals surface area contributed by atoms with Crippen molar-refractivity contribution < 1.29 is 32.5 Å². The van der Waals surface area contributed by atoms with Gasteiger partial charge in [-0.05, 0) is 51.2 Å². The average Bonchev–Trinajstić information content (AvgIpc) is 3.40. The SMILES string of the molecule is COc1cc2nc(C)nc(NCc3cccc(C(F)(F)C(C)(C)O)c3F)c2cc1OCC(C)C1CCOC1. The molecule has 1 aromatic heterocycles. The Bertz CT molecular complexity index is 1290. The van der Waals surface area contributed by atoms with Crippen molar-refractivity contribution in [2.75, 3.05) is 32.2 Å². The molecule has 0 radical (unpaired) electrons. The highest BCUT2D eigenvalue weighted by molar-refractivity contribution is 5.91. The first kappa shape index (κ1) is 27.9. The molecule has 2 heterocycles. The fraction of sp³-hybridized carbons (Fsp3) is 0.500. The van der Waals surface area contributed by atoms with Crippen molar-refractivity contribution in [3.63, 3.8) is 0 Å². The molecular formula is C28H34F3N3O4. The van der Waals surface area contributed by atoms with Crippen LogP contribution in [0.3, 0.4) is 0 Å². The summed E-state index contributed by atoms with van der Waals surface area (Å²) in [5.74, 6) is -2.26. The third-order valence-corrected chi connectivity index (χ3v) is 7.00. The van der Waals surface area contributed by atoms with Crippen molar-refractivity contribution in [2.24, 2.45) is 11.8 Å². The summed E-state index contributed by atoms with van der Waals surface area (Å²) in [7, 11) is 1.55. The number of nitrogens with one attached hydrogen (secondary N) is 1. The van der Waals surface area contributed by atoms with Gasteiger partial charge in [0, 0.05) is 36.8 Å². The minimum Gasteiger partial charge on any atom is -0.493 e. The molecular weight excluding hydrogens is 499 g/mol. The second-order valence-electron chi connectivity index (χ2n) is 10.3. The standard InChI is InChI=1S/C28H34F3N3O4/c1-16(19-9-10-37-15-19)14-38-24-11-20-22(12-23(24)36-5)33-17(2)34-26(20)32-13-18-7-6-8-21(25(18)29)28(30,31)27(3,4)35/h6-8,11-12,16,19,35H,9-10,13-15H2,1-5H3,(H,32,33,34). The van der Waals surface area contributed by atoms with E-state index < -0.39 is 22.9 Å². The van der Waals surface area contributed by atoms with Crippen LogP contribution in [0.15, 0.2) is 30.3 Å². The molecule has 10 heteroatoms. The highest BCUT2D eigenvalue weighted by atomic mass is 19.3. The molecule has 2 N–H and O–H groups in total. The van der Waals surface area contributed by atoms with Gasteiger partial charge in [0.25, 0.3) is 0 Å². The van der Waals surface area contributed by atoms with E-state index in [1.807, 2.05) is 0 Å². The van der Waals surface area contributed by atoms with Crippen LogP contribution in [0.5, 0.6) is 11.5 Å². The highest BCUT2D eigenvalue weighted by Crippen LogP contribution is 2.41. The molecule has 2 atom stereocenters. The van der Waals surface area contributed by atoms with Gasteiger partial charge in [-0.1, -0.05) is 19.1 Å². The highest BCUT2D eigenvalue weighted by Gasteiger charge is 2.49. The number of aryl methyl sites for hydroxylation is 1. The fourth-order valence-electron chi connectivity index (χ4n) is 4.49. The van der Waals surface area contributed by atoms with Crippen molar-refractivity contribution in [3.8, 4) is 11.5 Å². The minimum atomic E-state index is -3.78. The van der Waals surface area contributed by atoms with Gasteiger partial charge in [0.15, 0.2) is 11.5 Å². The zero-order valence-electron chi connectivity index (χ0n) is 22.3. The lowest BCUT2D eigenvalue weighted by Crippen LogP contribution is -2.41. The van der Waals surface area contributed by atoms with Crippen molar-refractivity contribution in [2.45, 2.75) is 52.2 Å². The summed E-state index contributed by atoms with van der Waals surface area (Å²) in [5, 5.41) is 13.6. The molecule has 1 fully saturated rings. The number of ether oxygens (including phenoxy) is 3. The molecule has 1 saturated heterocycles. The molecule has 0 spiro atoms. The third-order valence-electron chi connectivity index (χ3n) is 7.00. The number of aliphatic hydroxyl groups is 1. The van der Waals surface area contributed by atoms with Crippen molar-refractivity contribution in [3.05, 3.63) is 53.1 Å². The monoisotopic (exact) mass is 533 g/mol. The van der Waals surface area contributed by atoms with Gasteiger partial charge in [-0.15, -0.1) is 0 Å². The van der Waals surface area contributed by atoms with E-state index in [0.29, 0.717) is 46.6 Å². The molecule has 1 aliphatic heterocycles. The summed E-state index contributed by atoms with van der Waals surface area (Å²) in [5.41, 5.74) is -2.70. The number of hydrogen-bond acceptors (Lipinski definition) is 7. The molecule has 0 aliphatic carbocycles. The second-order valence-corrected chi connectivity index (χ2v) is 10.3. The number of alkyl halides is 2. The molecule has 0 saturated carbocycles. The van der Waals surface area contributed by atoms with Gasteiger partial charge < -0.3 is 24.6 Å². The average molecular weight is 534 g/mol. The number of methoxy groups -OCH3 is 1. The van der Waals surface area contributed by atoms with Gasteiger partial charge in [-0.25, -0.2) is 14.4 Å². The number of anilines is 1. The Morgan fingerprint density at radius 2 is 1.97 bits per heavy atom. The number of hydrogen-bond donors (Lipinski definition) is 2. The van der Waals surface area contributed by atoms with E-state index in [9.17, 15) is 13.9 Å². The van der Waals surface area contributed by atoms with Crippen LogP contribution in [-0.4, -0.2) is 47.6 Å². The molecule has 7 nitrogen and oxygen atoms in total.